The lowest BCUT2D eigenvalue weighted by atomic mass is 10.0. The number of furan rings is 1. The smallest absolute Gasteiger partial charge is 0.261 e. The van der Waals surface area contributed by atoms with Crippen LogP contribution in [-0.4, -0.2) is 30.3 Å². The van der Waals surface area contributed by atoms with Crippen molar-refractivity contribution in [3.63, 3.8) is 0 Å². The standard InChI is InChI=1S/C27H31N3O4S/c1-17-10-12-21(18(2)15-17)30(24(31)16-28-26(32)23-9-6-14-35-23)25(22-13-11-19(3)34-22)27(33)29-20-7-4-5-8-20/h6,9-15,20,25H,4-5,7-8,16H2,1-3H3,(H,28,32)(H,29,33). The molecule has 1 aromatic carbocycles. The van der Waals surface area contributed by atoms with Gasteiger partial charge >= 0.3 is 0 Å². The first-order valence-corrected chi connectivity index (χ1v) is 12.8. The van der Waals surface area contributed by atoms with Crippen molar-refractivity contribution in [1.82, 2.24) is 10.6 Å². The van der Waals surface area contributed by atoms with Crippen molar-refractivity contribution in [2.75, 3.05) is 11.4 Å². The number of carbonyl (C=O) groups excluding carboxylic acids is 3. The van der Waals surface area contributed by atoms with Crippen LogP contribution in [0.1, 0.15) is 64.0 Å². The van der Waals surface area contributed by atoms with Crippen molar-refractivity contribution in [2.24, 2.45) is 0 Å². The van der Waals surface area contributed by atoms with E-state index < -0.39 is 11.9 Å². The van der Waals surface area contributed by atoms with Crippen LogP contribution < -0.4 is 15.5 Å². The minimum absolute atomic E-state index is 0.0793. The Morgan fingerprint density at radius 2 is 1.86 bits per heavy atom. The van der Waals surface area contributed by atoms with E-state index in [1.165, 1.54) is 16.2 Å². The highest BCUT2D eigenvalue weighted by Gasteiger charge is 2.37. The van der Waals surface area contributed by atoms with Crippen molar-refractivity contribution < 1.29 is 18.8 Å². The van der Waals surface area contributed by atoms with Crippen LogP contribution in [0.5, 0.6) is 0 Å². The number of amides is 3. The number of carbonyl (C=O) groups is 3. The fourth-order valence-electron chi connectivity index (χ4n) is 4.55. The van der Waals surface area contributed by atoms with Crippen LogP contribution >= 0.6 is 11.3 Å². The van der Waals surface area contributed by atoms with E-state index in [9.17, 15) is 14.4 Å². The average Bonchev–Trinajstić information content (AvgIpc) is 3.59. The summed E-state index contributed by atoms with van der Waals surface area (Å²) in [6.07, 6.45) is 3.99. The van der Waals surface area contributed by atoms with Gasteiger partial charge in [0.2, 0.25) is 5.91 Å². The summed E-state index contributed by atoms with van der Waals surface area (Å²) < 4.78 is 5.89. The summed E-state index contributed by atoms with van der Waals surface area (Å²) in [6, 6.07) is 11.8. The van der Waals surface area contributed by atoms with Gasteiger partial charge in [0.05, 0.1) is 11.4 Å². The number of aryl methyl sites for hydroxylation is 3. The van der Waals surface area contributed by atoms with E-state index in [0.29, 0.717) is 22.1 Å². The molecule has 1 aliphatic carbocycles. The third kappa shape index (κ3) is 5.82. The summed E-state index contributed by atoms with van der Waals surface area (Å²) in [5.74, 6) is 0.0231. The van der Waals surface area contributed by atoms with Crippen molar-refractivity contribution in [3.05, 3.63) is 75.4 Å². The number of nitrogens with one attached hydrogen (secondary N) is 2. The number of benzene rings is 1. The molecule has 1 saturated carbocycles. The van der Waals surface area contributed by atoms with Crippen LogP contribution in [0.3, 0.4) is 0 Å². The first-order chi connectivity index (χ1) is 16.8. The maximum Gasteiger partial charge on any atom is 0.261 e. The van der Waals surface area contributed by atoms with Crippen LogP contribution in [0.25, 0.3) is 0 Å². The molecule has 0 aliphatic heterocycles. The van der Waals surface area contributed by atoms with E-state index >= 15 is 0 Å². The molecule has 2 aromatic heterocycles. The van der Waals surface area contributed by atoms with Gasteiger partial charge in [-0.05, 0) is 68.8 Å². The van der Waals surface area contributed by atoms with E-state index in [4.69, 9.17) is 4.42 Å². The Kier molecular flexibility index (Phi) is 7.70. The number of rotatable bonds is 8. The predicted octanol–water partition coefficient (Wildman–Crippen LogP) is 4.83. The molecule has 8 heteroatoms. The Labute approximate surface area is 209 Å². The van der Waals surface area contributed by atoms with Gasteiger partial charge in [0.1, 0.15) is 11.5 Å². The molecule has 1 atom stereocenters. The molecule has 4 rings (SSSR count). The van der Waals surface area contributed by atoms with Gasteiger partial charge in [0.25, 0.3) is 11.8 Å². The summed E-state index contributed by atoms with van der Waals surface area (Å²) in [4.78, 5) is 41.9. The molecule has 0 saturated heterocycles. The molecule has 2 N–H and O–H groups in total. The maximum atomic E-state index is 13.7. The molecule has 7 nitrogen and oxygen atoms in total. The number of anilines is 1. The van der Waals surface area contributed by atoms with Gasteiger partial charge in [0, 0.05) is 11.7 Å². The molecule has 1 aliphatic rings. The van der Waals surface area contributed by atoms with Gasteiger partial charge in [-0.1, -0.05) is 36.6 Å². The lowest BCUT2D eigenvalue weighted by Gasteiger charge is -2.32. The topological polar surface area (TPSA) is 91.7 Å². The van der Waals surface area contributed by atoms with Gasteiger partial charge in [-0.3, -0.25) is 19.3 Å². The van der Waals surface area contributed by atoms with Crippen LogP contribution in [0.4, 0.5) is 5.69 Å². The summed E-state index contributed by atoms with van der Waals surface area (Å²) >= 11 is 1.30. The molecule has 3 aromatic rings. The normalized spacial score (nSPS) is 14.5. The first kappa shape index (κ1) is 24.7. The van der Waals surface area contributed by atoms with E-state index in [1.807, 2.05) is 32.0 Å². The Balaban J connectivity index is 1.69. The average molecular weight is 494 g/mol. The van der Waals surface area contributed by atoms with Crippen molar-refractivity contribution in [3.8, 4) is 0 Å². The molecule has 35 heavy (non-hydrogen) atoms. The second-order valence-electron chi connectivity index (χ2n) is 9.05. The zero-order chi connectivity index (χ0) is 24.9. The minimum Gasteiger partial charge on any atom is -0.464 e. The third-order valence-electron chi connectivity index (χ3n) is 6.26. The van der Waals surface area contributed by atoms with Gasteiger partial charge < -0.3 is 15.1 Å². The summed E-state index contributed by atoms with van der Waals surface area (Å²) in [5, 5.41) is 7.65. The van der Waals surface area contributed by atoms with Gasteiger partial charge in [-0.25, -0.2) is 0 Å². The molecule has 1 fully saturated rings. The maximum absolute atomic E-state index is 13.7. The van der Waals surface area contributed by atoms with Crippen LogP contribution in [0, 0.1) is 20.8 Å². The van der Waals surface area contributed by atoms with Crippen molar-refractivity contribution in [1.29, 1.82) is 0 Å². The van der Waals surface area contributed by atoms with Crippen LogP contribution in [0.15, 0.2) is 52.3 Å². The molecule has 1 unspecified atom stereocenters. The van der Waals surface area contributed by atoms with Gasteiger partial charge in [-0.15, -0.1) is 11.3 Å². The zero-order valence-electron chi connectivity index (χ0n) is 20.3. The number of thiophene rings is 1. The molecule has 2 heterocycles. The van der Waals surface area contributed by atoms with Crippen LogP contribution in [-0.2, 0) is 9.59 Å². The quantitative estimate of drug-likeness (QED) is 0.470. The number of hydrogen-bond acceptors (Lipinski definition) is 5. The highest BCUT2D eigenvalue weighted by atomic mass is 32.1. The van der Waals surface area contributed by atoms with Crippen LogP contribution in [0.2, 0.25) is 0 Å². The first-order valence-electron chi connectivity index (χ1n) is 11.9. The Hall–Kier alpha value is -3.39. The molecule has 0 spiro atoms. The monoisotopic (exact) mass is 493 g/mol. The predicted molar refractivity (Wildman–Crippen MR) is 137 cm³/mol. The second kappa shape index (κ2) is 10.9. The highest BCUT2D eigenvalue weighted by Crippen LogP contribution is 2.32. The molecule has 0 bridgehead atoms. The SMILES string of the molecule is Cc1ccc(N(C(=O)CNC(=O)c2cccs2)C(C(=O)NC2CCCC2)c2ccc(C)o2)c(C)c1. The fraction of sp³-hybridized carbons (Fsp3) is 0.370. The summed E-state index contributed by atoms with van der Waals surface area (Å²) in [5.41, 5.74) is 2.50. The largest absolute Gasteiger partial charge is 0.464 e. The number of hydrogen-bond donors (Lipinski definition) is 2. The zero-order valence-corrected chi connectivity index (χ0v) is 21.1. The van der Waals surface area contributed by atoms with E-state index in [2.05, 4.69) is 10.6 Å². The van der Waals surface area contributed by atoms with E-state index in [1.54, 1.807) is 36.6 Å². The lowest BCUT2D eigenvalue weighted by Crippen LogP contribution is -2.49. The highest BCUT2D eigenvalue weighted by molar-refractivity contribution is 7.12. The fourth-order valence-corrected chi connectivity index (χ4v) is 5.19. The Bertz CT molecular complexity index is 1190. The van der Waals surface area contributed by atoms with E-state index in [-0.39, 0.29) is 24.4 Å². The minimum atomic E-state index is -1.00. The lowest BCUT2D eigenvalue weighted by molar-refractivity contribution is -0.127. The molecular formula is C27H31N3O4S. The Morgan fingerprint density at radius 3 is 2.49 bits per heavy atom. The van der Waals surface area contributed by atoms with Gasteiger partial charge in [0.15, 0.2) is 6.04 Å². The summed E-state index contributed by atoms with van der Waals surface area (Å²) in [6.45, 7) is 5.44. The second-order valence-corrected chi connectivity index (χ2v) is 10.0. The van der Waals surface area contributed by atoms with Crippen molar-refractivity contribution in [2.45, 2.75) is 58.5 Å². The van der Waals surface area contributed by atoms with Gasteiger partial charge in [-0.2, -0.15) is 0 Å². The third-order valence-corrected chi connectivity index (χ3v) is 7.13. The molecule has 184 valence electrons. The van der Waals surface area contributed by atoms with E-state index in [0.717, 1.165) is 36.8 Å². The summed E-state index contributed by atoms with van der Waals surface area (Å²) in [7, 11) is 0. The Morgan fingerprint density at radius 1 is 1.09 bits per heavy atom. The molecule has 3 amide bonds. The molecular weight excluding hydrogens is 462 g/mol. The van der Waals surface area contributed by atoms with Crippen molar-refractivity contribution >= 4 is 34.7 Å². The molecule has 0 radical (unpaired) electrons. The number of nitrogens with zero attached hydrogens (tertiary/aromatic N) is 1.